The van der Waals surface area contributed by atoms with Gasteiger partial charge in [0.15, 0.2) is 0 Å². The molecule has 0 atom stereocenters. The van der Waals surface area contributed by atoms with Crippen LogP contribution in [-0.4, -0.2) is 20.6 Å². The third-order valence-electron chi connectivity index (χ3n) is 2.46. The third-order valence-corrected chi connectivity index (χ3v) is 2.46. The van der Waals surface area contributed by atoms with Crippen molar-refractivity contribution in [2.24, 2.45) is 0 Å². The molecule has 1 aromatic rings. The maximum atomic E-state index is 3.45. The lowest BCUT2D eigenvalue weighted by Gasteiger charge is -2.13. The topological polar surface area (TPSA) is 15.3 Å². The van der Waals surface area contributed by atoms with Crippen molar-refractivity contribution < 1.29 is 0 Å². The van der Waals surface area contributed by atoms with Crippen LogP contribution in [0.5, 0.6) is 0 Å². The van der Waals surface area contributed by atoms with Gasteiger partial charge in [-0.05, 0) is 30.7 Å². The molecule has 0 saturated heterocycles. The van der Waals surface area contributed by atoms with Crippen molar-refractivity contribution in [3.8, 4) is 0 Å². The first-order valence-corrected chi connectivity index (χ1v) is 5.71. The van der Waals surface area contributed by atoms with Gasteiger partial charge < -0.3 is 10.2 Å². The van der Waals surface area contributed by atoms with E-state index in [0.717, 1.165) is 13.1 Å². The zero-order valence-corrected chi connectivity index (χ0v) is 10.1. The number of nitrogens with one attached hydrogen (secondary N) is 1. The van der Waals surface area contributed by atoms with Gasteiger partial charge >= 0.3 is 0 Å². The Balaban J connectivity index is 2.43. The minimum atomic E-state index is 0.974. The van der Waals surface area contributed by atoms with Crippen molar-refractivity contribution in [3.63, 3.8) is 0 Å². The van der Waals surface area contributed by atoms with Crippen LogP contribution in [0, 0.1) is 0 Å². The van der Waals surface area contributed by atoms with Gasteiger partial charge in [0.1, 0.15) is 0 Å². The van der Waals surface area contributed by atoms with Gasteiger partial charge in [-0.3, -0.25) is 0 Å². The molecule has 0 aliphatic heterocycles. The highest BCUT2D eigenvalue weighted by molar-refractivity contribution is 5.47. The summed E-state index contributed by atoms with van der Waals surface area (Å²) in [6, 6.07) is 8.66. The summed E-state index contributed by atoms with van der Waals surface area (Å²) in [5.41, 5.74) is 2.63. The van der Waals surface area contributed by atoms with Gasteiger partial charge in [-0.25, -0.2) is 0 Å². The van der Waals surface area contributed by atoms with Gasteiger partial charge in [-0.1, -0.05) is 25.5 Å². The fourth-order valence-corrected chi connectivity index (χ4v) is 1.48. The average molecular weight is 206 g/mol. The zero-order valence-electron chi connectivity index (χ0n) is 10.1. The van der Waals surface area contributed by atoms with E-state index < -0.39 is 0 Å². The summed E-state index contributed by atoms with van der Waals surface area (Å²) in [6.07, 6.45) is 2.51. The predicted octanol–water partition coefficient (Wildman–Crippen LogP) is 2.64. The molecule has 1 rings (SSSR count). The summed E-state index contributed by atoms with van der Waals surface area (Å²) in [6.45, 7) is 4.30. The molecule has 0 aliphatic rings. The summed E-state index contributed by atoms with van der Waals surface area (Å²) < 4.78 is 0. The van der Waals surface area contributed by atoms with Gasteiger partial charge in [0.25, 0.3) is 0 Å². The number of hydrogen-bond acceptors (Lipinski definition) is 2. The lowest BCUT2D eigenvalue weighted by molar-refractivity contribution is 0.641. The van der Waals surface area contributed by atoms with Gasteiger partial charge in [0.2, 0.25) is 0 Å². The fraction of sp³-hybridized carbons (Fsp3) is 0.538. The molecule has 0 fully saturated rings. The SMILES string of the molecule is CCCCNCc1cccc(N(C)C)c1. The van der Waals surface area contributed by atoms with E-state index in [4.69, 9.17) is 0 Å². The quantitative estimate of drug-likeness (QED) is 0.720. The second-order valence-electron chi connectivity index (χ2n) is 4.09. The Morgan fingerprint density at radius 1 is 1.27 bits per heavy atom. The Labute approximate surface area is 93.3 Å². The molecule has 0 radical (unpaired) electrons. The summed E-state index contributed by atoms with van der Waals surface area (Å²) in [5, 5.41) is 3.45. The van der Waals surface area contributed by atoms with Crippen molar-refractivity contribution in [1.82, 2.24) is 5.32 Å². The maximum absolute atomic E-state index is 3.45. The Bertz CT molecular complexity index is 282. The molecular formula is C13H22N2. The predicted molar refractivity (Wildman–Crippen MR) is 67.4 cm³/mol. The highest BCUT2D eigenvalue weighted by Crippen LogP contribution is 2.12. The molecule has 0 unspecified atom stereocenters. The lowest BCUT2D eigenvalue weighted by Crippen LogP contribution is -2.15. The van der Waals surface area contributed by atoms with Crippen molar-refractivity contribution in [3.05, 3.63) is 29.8 Å². The normalized spacial score (nSPS) is 10.3. The molecule has 1 N–H and O–H groups in total. The van der Waals surface area contributed by atoms with E-state index in [-0.39, 0.29) is 0 Å². The van der Waals surface area contributed by atoms with E-state index in [9.17, 15) is 0 Å². The Morgan fingerprint density at radius 2 is 2.07 bits per heavy atom. The van der Waals surface area contributed by atoms with Crippen molar-refractivity contribution >= 4 is 5.69 Å². The molecule has 2 heteroatoms. The second-order valence-corrected chi connectivity index (χ2v) is 4.09. The molecule has 0 amide bonds. The van der Waals surface area contributed by atoms with Crippen LogP contribution >= 0.6 is 0 Å². The molecular weight excluding hydrogens is 184 g/mol. The van der Waals surface area contributed by atoms with E-state index in [1.165, 1.54) is 24.1 Å². The highest BCUT2D eigenvalue weighted by atomic mass is 15.1. The van der Waals surface area contributed by atoms with Crippen LogP contribution in [-0.2, 0) is 6.54 Å². The van der Waals surface area contributed by atoms with Crippen LogP contribution in [0.2, 0.25) is 0 Å². The van der Waals surface area contributed by atoms with E-state index in [1.807, 2.05) is 0 Å². The van der Waals surface area contributed by atoms with Crippen LogP contribution in [0.3, 0.4) is 0 Å². The van der Waals surface area contributed by atoms with Crippen LogP contribution in [0.4, 0.5) is 5.69 Å². The number of unbranched alkanes of at least 4 members (excludes halogenated alkanes) is 1. The van der Waals surface area contributed by atoms with Crippen LogP contribution in [0.1, 0.15) is 25.3 Å². The highest BCUT2D eigenvalue weighted by Gasteiger charge is 1.96. The molecule has 0 spiro atoms. The van der Waals surface area contributed by atoms with E-state index in [0.29, 0.717) is 0 Å². The van der Waals surface area contributed by atoms with Crippen LogP contribution in [0.25, 0.3) is 0 Å². The van der Waals surface area contributed by atoms with E-state index in [2.05, 4.69) is 55.5 Å². The number of anilines is 1. The van der Waals surface area contributed by atoms with Gasteiger partial charge in [0.05, 0.1) is 0 Å². The summed E-state index contributed by atoms with van der Waals surface area (Å²) in [5.74, 6) is 0. The van der Waals surface area contributed by atoms with E-state index in [1.54, 1.807) is 0 Å². The average Bonchev–Trinajstić information content (AvgIpc) is 2.25. The molecule has 2 nitrogen and oxygen atoms in total. The summed E-state index contributed by atoms with van der Waals surface area (Å²) >= 11 is 0. The van der Waals surface area contributed by atoms with E-state index >= 15 is 0 Å². The minimum absolute atomic E-state index is 0.974. The van der Waals surface area contributed by atoms with Gasteiger partial charge in [0, 0.05) is 26.3 Å². The number of hydrogen-bond donors (Lipinski definition) is 1. The standard InChI is InChI=1S/C13H22N2/c1-4-5-9-14-11-12-7-6-8-13(10-12)15(2)3/h6-8,10,14H,4-5,9,11H2,1-3H3. The molecule has 15 heavy (non-hydrogen) atoms. The smallest absolute Gasteiger partial charge is 0.0364 e. The Hall–Kier alpha value is -1.02. The number of benzene rings is 1. The Kier molecular flexibility index (Phi) is 5.19. The van der Waals surface area contributed by atoms with Crippen molar-refractivity contribution in [1.29, 1.82) is 0 Å². The first-order valence-electron chi connectivity index (χ1n) is 5.71. The fourth-order valence-electron chi connectivity index (χ4n) is 1.48. The lowest BCUT2D eigenvalue weighted by atomic mass is 10.2. The number of rotatable bonds is 6. The maximum Gasteiger partial charge on any atom is 0.0364 e. The van der Waals surface area contributed by atoms with Crippen LogP contribution < -0.4 is 10.2 Å². The molecule has 0 heterocycles. The molecule has 0 bridgehead atoms. The van der Waals surface area contributed by atoms with Gasteiger partial charge in [-0.15, -0.1) is 0 Å². The zero-order chi connectivity index (χ0) is 11.1. The summed E-state index contributed by atoms with van der Waals surface area (Å²) in [4.78, 5) is 2.13. The van der Waals surface area contributed by atoms with Gasteiger partial charge in [-0.2, -0.15) is 0 Å². The number of nitrogens with zero attached hydrogens (tertiary/aromatic N) is 1. The molecule has 84 valence electrons. The monoisotopic (exact) mass is 206 g/mol. The molecule has 0 saturated carbocycles. The molecule has 0 aliphatic carbocycles. The van der Waals surface area contributed by atoms with Crippen LogP contribution in [0.15, 0.2) is 24.3 Å². The molecule has 1 aromatic carbocycles. The minimum Gasteiger partial charge on any atom is -0.378 e. The third kappa shape index (κ3) is 4.34. The first-order chi connectivity index (χ1) is 7.24. The summed E-state index contributed by atoms with van der Waals surface area (Å²) in [7, 11) is 4.15. The molecule has 0 aromatic heterocycles. The largest absolute Gasteiger partial charge is 0.378 e. The second kappa shape index (κ2) is 6.46. The van der Waals surface area contributed by atoms with Crippen molar-refractivity contribution in [2.45, 2.75) is 26.3 Å². The first kappa shape index (κ1) is 12.1. The van der Waals surface area contributed by atoms with Crippen molar-refractivity contribution in [2.75, 3.05) is 25.5 Å². The Morgan fingerprint density at radius 3 is 2.73 bits per heavy atom.